The second-order valence-corrected chi connectivity index (χ2v) is 6.82. The van der Waals surface area contributed by atoms with Crippen molar-refractivity contribution < 1.29 is 9.84 Å². The Labute approximate surface area is 104 Å². The van der Waals surface area contributed by atoms with Crippen LogP contribution in [0.5, 0.6) is 0 Å². The van der Waals surface area contributed by atoms with E-state index >= 15 is 0 Å². The van der Waals surface area contributed by atoms with Gasteiger partial charge in [0.2, 0.25) is 0 Å². The van der Waals surface area contributed by atoms with E-state index in [4.69, 9.17) is 4.74 Å². The molecule has 2 saturated heterocycles. The molecule has 3 aliphatic rings. The van der Waals surface area contributed by atoms with Crippen LogP contribution in [0.2, 0.25) is 0 Å². The first-order chi connectivity index (χ1) is 7.89. The van der Waals surface area contributed by atoms with Crippen LogP contribution in [0, 0.1) is 23.7 Å². The molecule has 2 heteroatoms. The maximum absolute atomic E-state index is 10.8. The van der Waals surface area contributed by atoms with Gasteiger partial charge < -0.3 is 9.84 Å². The summed E-state index contributed by atoms with van der Waals surface area (Å²) in [5.74, 6) is 0.852. The first-order valence-electron chi connectivity index (χ1n) is 6.99. The van der Waals surface area contributed by atoms with Gasteiger partial charge in [0.05, 0.1) is 5.60 Å². The Morgan fingerprint density at radius 2 is 2.12 bits per heavy atom. The van der Waals surface area contributed by atoms with E-state index < -0.39 is 5.79 Å². The Morgan fingerprint density at radius 1 is 1.41 bits per heavy atom. The fourth-order valence-corrected chi connectivity index (χ4v) is 4.64. The SMILES string of the molecule is C=C1C[C@]2(O)OC3(C[C@H]2C(C)C)[C@@H](C)CC[C@@H]13. The Bertz CT molecular complexity index is 362. The zero-order valence-corrected chi connectivity index (χ0v) is 11.2. The summed E-state index contributed by atoms with van der Waals surface area (Å²) in [5, 5.41) is 10.8. The monoisotopic (exact) mass is 236 g/mol. The number of rotatable bonds is 1. The van der Waals surface area contributed by atoms with E-state index in [1.807, 2.05) is 0 Å². The van der Waals surface area contributed by atoms with Crippen LogP contribution in [0.4, 0.5) is 0 Å². The van der Waals surface area contributed by atoms with E-state index in [0.717, 1.165) is 6.42 Å². The molecular formula is C15H24O2. The maximum atomic E-state index is 10.8. The summed E-state index contributed by atoms with van der Waals surface area (Å²) in [6, 6.07) is 0. The van der Waals surface area contributed by atoms with Gasteiger partial charge in [0.25, 0.3) is 0 Å². The van der Waals surface area contributed by atoms with Gasteiger partial charge in [0.15, 0.2) is 5.79 Å². The highest BCUT2D eigenvalue weighted by molar-refractivity contribution is 5.24. The first-order valence-corrected chi connectivity index (χ1v) is 6.99. The molecule has 2 nitrogen and oxygen atoms in total. The summed E-state index contributed by atoms with van der Waals surface area (Å²) in [6.45, 7) is 10.9. The second kappa shape index (κ2) is 3.36. The lowest BCUT2D eigenvalue weighted by molar-refractivity contribution is -0.269. The van der Waals surface area contributed by atoms with Crippen molar-refractivity contribution in [2.75, 3.05) is 0 Å². The minimum Gasteiger partial charge on any atom is -0.365 e. The highest BCUT2D eigenvalue weighted by atomic mass is 16.6. The van der Waals surface area contributed by atoms with Crippen molar-refractivity contribution in [2.24, 2.45) is 23.7 Å². The molecule has 1 unspecified atom stereocenters. The molecule has 0 aromatic carbocycles. The van der Waals surface area contributed by atoms with Gasteiger partial charge in [-0.3, -0.25) is 0 Å². The molecule has 1 N–H and O–H groups in total. The topological polar surface area (TPSA) is 29.5 Å². The van der Waals surface area contributed by atoms with Gasteiger partial charge in [-0.15, -0.1) is 0 Å². The predicted molar refractivity (Wildman–Crippen MR) is 67.4 cm³/mol. The fourth-order valence-electron chi connectivity index (χ4n) is 4.64. The van der Waals surface area contributed by atoms with E-state index in [-0.39, 0.29) is 11.5 Å². The van der Waals surface area contributed by atoms with Crippen molar-refractivity contribution >= 4 is 0 Å². The molecular weight excluding hydrogens is 212 g/mol. The van der Waals surface area contributed by atoms with E-state index in [0.29, 0.717) is 24.2 Å². The molecule has 3 rings (SSSR count). The van der Waals surface area contributed by atoms with Crippen molar-refractivity contribution in [2.45, 2.75) is 57.8 Å². The Morgan fingerprint density at radius 3 is 2.76 bits per heavy atom. The minimum atomic E-state index is -0.930. The molecule has 5 atom stereocenters. The van der Waals surface area contributed by atoms with Crippen LogP contribution >= 0.6 is 0 Å². The third-order valence-electron chi connectivity index (χ3n) is 5.58. The Kier molecular flexibility index (Phi) is 2.32. The molecule has 0 radical (unpaired) electrons. The molecule has 0 aromatic heterocycles. The zero-order chi connectivity index (χ0) is 12.4. The van der Waals surface area contributed by atoms with E-state index in [9.17, 15) is 5.11 Å². The predicted octanol–water partition coefficient (Wildman–Crippen LogP) is 3.11. The Balaban J connectivity index is 2.04. The summed E-state index contributed by atoms with van der Waals surface area (Å²) in [6.07, 6.45) is 4.08. The molecule has 0 aromatic rings. The van der Waals surface area contributed by atoms with Crippen molar-refractivity contribution in [3.63, 3.8) is 0 Å². The standard InChI is InChI=1S/C15H24O2/c1-9(2)13-8-14-11(4)5-6-12(14)10(3)7-15(13,16)17-14/h9,11-13,16H,3,5-8H2,1-2,4H3/t11-,12-,13-,14?,15-/m0/s1. The summed E-state index contributed by atoms with van der Waals surface area (Å²) in [4.78, 5) is 0. The summed E-state index contributed by atoms with van der Waals surface area (Å²) >= 11 is 0. The average molecular weight is 236 g/mol. The smallest absolute Gasteiger partial charge is 0.173 e. The van der Waals surface area contributed by atoms with Crippen LogP contribution in [0.3, 0.4) is 0 Å². The summed E-state index contributed by atoms with van der Waals surface area (Å²) in [5.41, 5.74) is 1.13. The van der Waals surface area contributed by atoms with Gasteiger partial charge in [-0.1, -0.05) is 32.9 Å². The van der Waals surface area contributed by atoms with E-state index in [1.165, 1.54) is 18.4 Å². The van der Waals surface area contributed by atoms with Crippen LogP contribution in [0.25, 0.3) is 0 Å². The number of hydrogen-bond donors (Lipinski definition) is 1. The highest BCUT2D eigenvalue weighted by Crippen LogP contribution is 2.63. The second-order valence-electron chi connectivity index (χ2n) is 6.82. The summed E-state index contributed by atoms with van der Waals surface area (Å²) < 4.78 is 6.25. The minimum absolute atomic E-state index is 0.0982. The third kappa shape index (κ3) is 1.34. The molecule has 3 fully saturated rings. The molecule has 1 aliphatic carbocycles. The quantitative estimate of drug-likeness (QED) is 0.709. The van der Waals surface area contributed by atoms with Crippen LogP contribution in [-0.4, -0.2) is 16.5 Å². The highest BCUT2D eigenvalue weighted by Gasteiger charge is 2.66. The maximum Gasteiger partial charge on any atom is 0.173 e. The van der Waals surface area contributed by atoms with Gasteiger partial charge in [0.1, 0.15) is 0 Å². The molecule has 1 saturated carbocycles. The van der Waals surface area contributed by atoms with Gasteiger partial charge in [-0.2, -0.15) is 0 Å². The van der Waals surface area contributed by atoms with Crippen LogP contribution in [-0.2, 0) is 4.74 Å². The molecule has 1 spiro atoms. The molecule has 2 aliphatic heterocycles. The van der Waals surface area contributed by atoms with Crippen molar-refractivity contribution in [1.82, 2.24) is 0 Å². The van der Waals surface area contributed by atoms with Crippen molar-refractivity contribution in [1.29, 1.82) is 0 Å². The van der Waals surface area contributed by atoms with Gasteiger partial charge >= 0.3 is 0 Å². The Hall–Kier alpha value is -0.340. The lowest BCUT2D eigenvalue weighted by Crippen LogP contribution is -2.48. The van der Waals surface area contributed by atoms with E-state index in [2.05, 4.69) is 27.4 Å². The largest absolute Gasteiger partial charge is 0.365 e. The number of hydrogen-bond acceptors (Lipinski definition) is 2. The van der Waals surface area contributed by atoms with Gasteiger partial charge in [-0.05, 0) is 31.1 Å². The molecule has 2 bridgehead atoms. The number of ether oxygens (including phenoxy) is 1. The van der Waals surface area contributed by atoms with Gasteiger partial charge in [0, 0.05) is 18.3 Å². The van der Waals surface area contributed by atoms with Crippen molar-refractivity contribution in [3.8, 4) is 0 Å². The normalized spacial score (nSPS) is 53.2. The van der Waals surface area contributed by atoms with Crippen LogP contribution in [0.15, 0.2) is 12.2 Å². The third-order valence-corrected chi connectivity index (χ3v) is 5.58. The average Bonchev–Trinajstić information content (AvgIpc) is 2.65. The number of aliphatic hydroxyl groups is 1. The zero-order valence-electron chi connectivity index (χ0n) is 11.2. The molecule has 0 amide bonds. The lowest BCUT2D eigenvalue weighted by Gasteiger charge is -2.43. The fraction of sp³-hybridized carbons (Fsp3) is 0.867. The van der Waals surface area contributed by atoms with Gasteiger partial charge in [-0.25, -0.2) is 0 Å². The molecule has 17 heavy (non-hydrogen) atoms. The summed E-state index contributed by atoms with van der Waals surface area (Å²) in [7, 11) is 0. The van der Waals surface area contributed by atoms with Crippen LogP contribution in [0.1, 0.15) is 46.5 Å². The van der Waals surface area contributed by atoms with Crippen LogP contribution < -0.4 is 0 Å². The lowest BCUT2D eigenvalue weighted by atomic mass is 9.77. The molecule has 2 heterocycles. The number of fused-ring (bicyclic) bond motifs is 1. The van der Waals surface area contributed by atoms with E-state index in [1.54, 1.807) is 0 Å². The first kappa shape index (κ1) is 11.7. The molecule has 96 valence electrons. The van der Waals surface area contributed by atoms with Crippen molar-refractivity contribution in [3.05, 3.63) is 12.2 Å².